The van der Waals surface area contributed by atoms with Crippen molar-refractivity contribution in [1.82, 2.24) is 4.98 Å². The minimum atomic E-state index is 0.00706. The van der Waals surface area contributed by atoms with Crippen molar-refractivity contribution in [3.8, 4) is 5.75 Å². The Morgan fingerprint density at radius 2 is 2.10 bits per heavy atom. The van der Waals surface area contributed by atoms with E-state index in [1.165, 1.54) is 6.92 Å². The first-order valence-electron chi connectivity index (χ1n) is 6.14. The third-order valence-electron chi connectivity index (χ3n) is 2.56. The molecule has 1 heterocycles. The molecule has 0 saturated heterocycles. The molecule has 0 aliphatic carbocycles. The lowest BCUT2D eigenvalue weighted by atomic mass is 10.1. The zero-order valence-corrected chi connectivity index (χ0v) is 12.6. The van der Waals surface area contributed by atoms with Gasteiger partial charge in [-0.3, -0.25) is 4.79 Å². The van der Waals surface area contributed by atoms with Gasteiger partial charge >= 0.3 is 0 Å². The summed E-state index contributed by atoms with van der Waals surface area (Å²) in [5, 5.41) is 1.53. The fraction of sp³-hybridized carbons (Fsp3) is 0.200. The van der Waals surface area contributed by atoms with Crippen molar-refractivity contribution in [2.45, 2.75) is 11.9 Å². The molecule has 2 rings (SSSR count). The molecule has 0 bridgehead atoms. The highest BCUT2D eigenvalue weighted by atomic mass is 35.5. The van der Waals surface area contributed by atoms with Crippen molar-refractivity contribution >= 4 is 29.1 Å². The quantitative estimate of drug-likeness (QED) is 0.457. The summed E-state index contributed by atoms with van der Waals surface area (Å²) in [6.45, 7) is 2.05. The number of para-hydroxylation sites is 1. The standard InChI is InChI=1S/C15H14ClNO2S/c1-11(18)13-4-2-3-5-14(13)19-8-9-20-15-7-6-12(16)10-17-15/h2-7,10H,8-9H2,1H3. The summed E-state index contributed by atoms with van der Waals surface area (Å²) in [4.78, 5) is 15.6. The lowest BCUT2D eigenvalue weighted by molar-refractivity contribution is 0.101. The van der Waals surface area contributed by atoms with Gasteiger partial charge in [0.25, 0.3) is 0 Å². The van der Waals surface area contributed by atoms with Gasteiger partial charge in [-0.15, -0.1) is 11.8 Å². The van der Waals surface area contributed by atoms with Crippen LogP contribution in [0, 0.1) is 0 Å². The normalized spacial score (nSPS) is 10.3. The number of rotatable bonds is 6. The van der Waals surface area contributed by atoms with Crippen LogP contribution in [-0.4, -0.2) is 23.1 Å². The number of carbonyl (C=O) groups is 1. The molecule has 0 fully saturated rings. The van der Waals surface area contributed by atoms with Crippen molar-refractivity contribution in [2.24, 2.45) is 0 Å². The van der Waals surface area contributed by atoms with Crippen LogP contribution in [-0.2, 0) is 0 Å². The summed E-state index contributed by atoms with van der Waals surface area (Å²) >= 11 is 7.35. The molecular formula is C15H14ClNO2S. The Balaban J connectivity index is 1.84. The first-order valence-corrected chi connectivity index (χ1v) is 7.50. The van der Waals surface area contributed by atoms with Crippen molar-refractivity contribution < 1.29 is 9.53 Å². The van der Waals surface area contributed by atoms with E-state index in [0.29, 0.717) is 22.9 Å². The SMILES string of the molecule is CC(=O)c1ccccc1OCCSc1ccc(Cl)cn1. The van der Waals surface area contributed by atoms with E-state index in [-0.39, 0.29) is 5.78 Å². The fourth-order valence-corrected chi connectivity index (χ4v) is 2.41. The van der Waals surface area contributed by atoms with E-state index in [2.05, 4.69) is 4.98 Å². The average Bonchev–Trinajstić information content (AvgIpc) is 2.46. The van der Waals surface area contributed by atoms with Gasteiger partial charge in [0.2, 0.25) is 0 Å². The molecular weight excluding hydrogens is 294 g/mol. The molecule has 1 aromatic heterocycles. The number of carbonyl (C=O) groups excluding carboxylic acids is 1. The Labute approximate surface area is 127 Å². The second-order valence-corrected chi connectivity index (χ2v) is 5.62. The van der Waals surface area contributed by atoms with Crippen LogP contribution in [0.25, 0.3) is 0 Å². The number of halogens is 1. The molecule has 104 valence electrons. The number of hydrogen-bond donors (Lipinski definition) is 0. The van der Waals surface area contributed by atoms with Gasteiger partial charge in [0, 0.05) is 11.9 Å². The van der Waals surface area contributed by atoms with Crippen LogP contribution in [0.4, 0.5) is 0 Å². The van der Waals surface area contributed by atoms with Crippen LogP contribution in [0.1, 0.15) is 17.3 Å². The van der Waals surface area contributed by atoms with Crippen molar-refractivity contribution in [1.29, 1.82) is 0 Å². The van der Waals surface area contributed by atoms with Gasteiger partial charge in [-0.05, 0) is 31.2 Å². The highest BCUT2D eigenvalue weighted by Gasteiger charge is 2.07. The zero-order valence-electron chi connectivity index (χ0n) is 11.0. The van der Waals surface area contributed by atoms with Gasteiger partial charge in [0.1, 0.15) is 5.75 Å². The predicted octanol–water partition coefficient (Wildman–Crippen LogP) is 4.11. The van der Waals surface area contributed by atoms with Crippen molar-refractivity contribution in [2.75, 3.05) is 12.4 Å². The number of benzene rings is 1. The maximum atomic E-state index is 11.4. The van der Waals surface area contributed by atoms with E-state index >= 15 is 0 Å². The topological polar surface area (TPSA) is 39.2 Å². The number of ether oxygens (including phenoxy) is 1. The Kier molecular flexibility index (Phi) is 5.44. The number of thioether (sulfide) groups is 1. The van der Waals surface area contributed by atoms with Crippen LogP contribution >= 0.6 is 23.4 Å². The molecule has 0 amide bonds. The third-order valence-corrected chi connectivity index (χ3v) is 3.69. The molecule has 5 heteroatoms. The third kappa shape index (κ3) is 4.25. The summed E-state index contributed by atoms with van der Waals surface area (Å²) in [6, 6.07) is 10.9. The minimum Gasteiger partial charge on any atom is -0.492 e. The lowest BCUT2D eigenvalue weighted by Crippen LogP contribution is -2.04. The Morgan fingerprint density at radius 1 is 1.30 bits per heavy atom. The fourth-order valence-electron chi connectivity index (χ4n) is 1.63. The number of pyridine rings is 1. The first kappa shape index (κ1) is 14.9. The number of Topliss-reactive ketones (excluding diaryl/α,β-unsaturated/α-hetero) is 1. The highest BCUT2D eigenvalue weighted by molar-refractivity contribution is 7.99. The van der Waals surface area contributed by atoms with E-state index in [1.54, 1.807) is 24.0 Å². The summed E-state index contributed by atoms with van der Waals surface area (Å²) in [5.74, 6) is 1.39. The van der Waals surface area contributed by atoms with E-state index in [4.69, 9.17) is 16.3 Å². The summed E-state index contributed by atoms with van der Waals surface area (Å²) in [6.07, 6.45) is 1.62. The van der Waals surface area contributed by atoms with E-state index in [9.17, 15) is 4.79 Å². The minimum absolute atomic E-state index is 0.00706. The molecule has 1 aromatic carbocycles. The van der Waals surface area contributed by atoms with Crippen molar-refractivity contribution in [3.05, 3.63) is 53.2 Å². The van der Waals surface area contributed by atoms with Crippen molar-refractivity contribution in [3.63, 3.8) is 0 Å². The maximum Gasteiger partial charge on any atom is 0.163 e. The molecule has 3 nitrogen and oxygen atoms in total. The molecule has 0 atom stereocenters. The van der Waals surface area contributed by atoms with Crippen LogP contribution in [0.2, 0.25) is 5.02 Å². The molecule has 0 aliphatic heterocycles. The zero-order chi connectivity index (χ0) is 14.4. The van der Waals surface area contributed by atoms with Gasteiger partial charge in [-0.1, -0.05) is 23.7 Å². The number of aromatic nitrogens is 1. The molecule has 0 unspecified atom stereocenters. The molecule has 20 heavy (non-hydrogen) atoms. The monoisotopic (exact) mass is 307 g/mol. The van der Waals surface area contributed by atoms with Gasteiger partial charge in [-0.2, -0.15) is 0 Å². The molecule has 2 aromatic rings. The van der Waals surface area contributed by atoms with E-state index in [1.807, 2.05) is 30.3 Å². The molecule has 0 N–H and O–H groups in total. The average molecular weight is 308 g/mol. The molecule has 0 radical (unpaired) electrons. The second-order valence-electron chi connectivity index (χ2n) is 4.06. The summed E-state index contributed by atoms with van der Waals surface area (Å²) < 4.78 is 5.65. The number of hydrogen-bond acceptors (Lipinski definition) is 4. The second kappa shape index (κ2) is 7.31. The smallest absolute Gasteiger partial charge is 0.163 e. The number of nitrogens with zero attached hydrogens (tertiary/aromatic N) is 1. The van der Waals surface area contributed by atoms with Crippen LogP contribution in [0.15, 0.2) is 47.6 Å². The van der Waals surface area contributed by atoms with Gasteiger partial charge < -0.3 is 4.74 Å². The van der Waals surface area contributed by atoms with Gasteiger partial charge in [-0.25, -0.2) is 4.98 Å². The van der Waals surface area contributed by atoms with E-state index in [0.717, 1.165) is 10.8 Å². The van der Waals surface area contributed by atoms with Gasteiger partial charge in [0.15, 0.2) is 5.78 Å². The van der Waals surface area contributed by atoms with Crippen LogP contribution in [0.3, 0.4) is 0 Å². The molecule has 0 spiro atoms. The van der Waals surface area contributed by atoms with Crippen LogP contribution < -0.4 is 4.74 Å². The summed E-state index contributed by atoms with van der Waals surface area (Å²) in [7, 11) is 0. The summed E-state index contributed by atoms with van der Waals surface area (Å²) in [5.41, 5.74) is 0.613. The Bertz CT molecular complexity index is 587. The maximum absolute atomic E-state index is 11.4. The highest BCUT2D eigenvalue weighted by Crippen LogP contribution is 2.20. The lowest BCUT2D eigenvalue weighted by Gasteiger charge is -2.09. The van der Waals surface area contributed by atoms with Crippen LogP contribution in [0.5, 0.6) is 5.75 Å². The Morgan fingerprint density at radius 3 is 2.80 bits per heavy atom. The molecule has 0 saturated carbocycles. The largest absolute Gasteiger partial charge is 0.492 e. The number of ketones is 1. The molecule has 0 aliphatic rings. The van der Waals surface area contributed by atoms with E-state index < -0.39 is 0 Å². The first-order chi connectivity index (χ1) is 9.66. The predicted molar refractivity (Wildman–Crippen MR) is 81.9 cm³/mol. The van der Waals surface area contributed by atoms with Gasteiger partial charge in [0.05, 0.1) is 22.2 Å². The Hall–Kier alpha value is -1.52.